The molecule has 1 fully saturated rings. The predicted octanol–water partition coefficient (Wildman–Crippen LogP) is 4.14. The van der Waals surface area contributed by atoms with Crippen LogP contribution in [0.3, 0.4) is 0 Å². The monoisotopic (exact) mass is 292 g/mol. The Kier molecular flexibility index (Phi) is 2.81. The average Bonchev–Trinajstić information content (AvgIpc) is 2.48. The smallest absolute Gasteiger partial charge is 0.251 e. The van der Waals surface area contributed by atoms with Crippen LogP contribution in [0.15, 0.2) is 24.3 Å². The molecule has 4 heteroatoms. The lowest BCUT2D eigenvalue weighted by atomic mass is 9.94. The summed E-state index contributed by atoms with van der Waals surface area (Å²) in [6.45, 7) is 13.3. The van der Waals surface area contributed by atoms with Crippen molar-refractivity contribution >= 4 is 8.32 Å². The van der Waals surface area contributed by atoms with E-state index < -0.39 is 19.7 Å². The van der Waals surface area contributed by atoms with Crippen LogP contribution in [0.5, 0.6) is 0 Å². The summed E-state index contributed by atoms with van der Waals surface area (Å²) in [5, 5.41) is 0.138. The van der Waals surface area contributed by atoms with Gasteiger partial charge in [-0.3, -0.25) is 0 Å². The maximum absolute atomic E-state index is 6.67. The summed E-state index contributed by atoms with van der Waals surface area (Å²) in [6.07, 6.45) is 0.845. The molecule has 0 saturated carbocycles. The fourth-order valence-electron chi connectivity index (χ4n) is 2.79. The quantitative estimate of drug-likeness (QED) is 0.606. The zero-order valence-electron chi connectivity index (χ0n) is 13.2. The van der Waals surface area contributed by atoms with Crippen LogP contribution in [0.4, 0.5) is 0 Å². The van der Waals surface area contributed by atoms with E-state index in [1.165, 1.54) is 5.56 Å². The highest BCUT2D eigenvalue weighted by atomic mass is 28.4. The second-order valence-corrected chi connectivity index (χ2v) is 12.4. The van der Waals surface area contributed by atoms with Crippen molar-refractivity contribution in [3.05, 3.63) is 35.4 Å². The third-order valence-electron chi connectivity index (χ3n) is 5.14. The Morgan fingerprint density at radius 3 is 2.35 bits per heavy atom. The molecule has 2 atom stereocenters. The van der Waals surface area contributed by atoms with Crippen molar-refractivity contribution in [2.75, 3.05) is 0 Å². The molecule has 110 valence electrons. The topological polar surface area (TPSA) is 27.7 Å². The van der Waals surface area contributed by atoms with Crippen LogP contribution in [-0.2, 0) is 26.4 Å². The van der Waals surface area contributed by atoms with Crippen LogP contribution in [0.1, 0.15) is 38.8 Å². The van der Waals surface area contributed by atoms with Gasteiger partial charge in [-0.1, -0.05) is 45.0 Å². The van der Waals surface area contributed by atoms with E-state index >= 15 is 0 Å². The fourth-order valence-corrected chi connectivity index (χ4v) is 4.17. The van der Waals surface area contributed by atoms with E-state index in [9.17, 15) is 0 Å². The molecule has 1 aromatic carbocycles. The first-order valence-corrected chi connectivity index (χ1v) is 10.2. The molecule has 0 bridgehead atoms. The third kappa shape index (κ3) is 1.68. The molecule has 2 aliphatic rings. The Bertz CT molecular complexity index is 549. The van der Waals surface area contributed by atoms with Crippen LogP contribution in [0.25, 0.3) is 0 Å². The predicted molar refractivity (Wildman–Crippen MR) is 80.7 cm³/mol. The van der Waals surface area contributed by atoms with Crippen molar-refractivity contribution in [3.8, 4) is 0 Å². The van der Waals surface area contributed by atoms with Crippen molar-refractivity contribution in [2.45, 2.75) is 63.6 Å². The summed E-state index contributed by atoms with van der Waals surface area (Å²) in [4.78, 5) is 11.1. The Labute approximate surface area is 122 Å². The number of benzene rings is 1. The van der Waals surface area contributed by atoms with Gasteiger partial charge in [-0.15, -0.1) is 0 Å². The molecular formula is C16H24O3Si. The van der Waals surface area contributed by atoms with E-state index in [0.717, 1.165) is 12.0 Å². The average molecular weight is 292 g/mol. The minimum Gasteiger partial charge on any atom is -0.382 e. The van der Waals surface area contributed by atoms with Crippen molar-refractivity contribution < 1.29 is 14.2 Å². The molecule has 1 aliphatic carbocycles. The molecule has 1 saturated heterocycles. The van der Waals surface area contributed by atoms with E-state index in [-0.39, 0.29) is 5.04 Å². The Balaban J connectivity index is 2.04. The maximum Gasteiger partial charge on any atom is 0.251 e. The Morgan fingerprint density at radius 1 is 1.15 bits per heavy atom. The molecule has 3 nitrogen and oxygen atoms in total. The zero-order valence-corrected chi connectivity index (χ0v) is 14.2. The summed E-state index contributed by atoms with van der Waals surface area (Å²) < 4.78 is 6.67. The number of hydrogen-bond donors (Lipinski definition) is 0. The molecule has 0 amide bonds. The molecule has 0 radical (unpaired) electrons. The highest BCUT2D eigenvalue weighted by molar-refractivity contribution is 6.74. The summed E-state index contributed by atoms with van der Waals surface area (Å²) in [5.74, 6) is -0.716. The molecule has 0 N–H and O–H groups in total. The van der Waals surface area contributed by atoms with Gasteiger partial charge in [0.25, 0.3) is 5.79 Å². The molecule has 20 heavy (non-hydrogen) atoms. The summed E-state index contributed by atoms with van der Waals surface area (Å²) in [6, 6.07) is 8.36. The van der Waals surface area contributed by atoms with Gasteiger partial charge in [-0.25, -0.2) is 4.89 Å². The number of fused-ring (bicyclic) bond motifs is 3. The summed E-state index contributed by atoms with van der Waals surface area (Å²) >= 11 is 0. The van der Waals surface area contributed by atoms with Gasteiger partial charge in [0.2, 0.25) is 0 Å². The van der Waals surface area contributed by atoms with Gasteiger partial charge >= 0.3 is 0 Å². The highest BCUT2D eigenvalue weighted by Gasteiger charge is 2.70. The molecule has 1 heterocycles. The highest BCUT2D eigenvalue weighted by Crippen LogP contribution is 2.59. The maximum atomic E-state index is 6.67. The molecule has 1 aromatic rings. The molecular weight excluding hydrogens is 268 g/mol. The SMILES string of the molecule is CC(C)(C)[Si](C)(C)O[C@]12OO[C@@]1(C)Cc1ccccc12. The van der Waals surface area contributed by atoms with Crippen LogP contribution < -0.4 is 0 Å². The summed E-state index contributed by atoms with van der Waals surface area (Å²) in [5.41, 5.74) is 2.01. The lowest BCUT2D eigenvalue weighted by molar-refractivity contribution is -0.601. The first kappa shape index (κ1) is 14.3. The van der Waals surface area contributed by atoms with Gasteiger partial charge in [0.05, 0.1) is 0 Å². The molecule has 0 unspecified atom stereocenters. The largest absolute Gasteiger partial charge is 0.382 e. The van der Waals surface area contributed by atoms with Crippen molar-refractivity contribution in [1.82, 2.24) is 0 Å². The van der Waals surface area contributed by atoms with Crippen molar-refractivity contribution in [3.63, 3.8) is 0 Å². The fraction of sp³-hybridized carbons (Fsp3) is 0.625. The minimum absolute atomic E-state index is 0.138. The van der Waals surface area contributed by atoms with Crippen LogP contribution in [-0.4, -0.2) is 13.9 Å². The molecule has 3 rings (SSSR count). The number of hydrogen-bond acceptors (Lipinski definition) is 3. The van der Waals surface area contributed by atoms with E-state index in [2.05, 4.69) is 59.0 Å². The van der Waals surface area contributed by atoms with Crippen LogP contribution >= 0.6 is 0 Å². The normalized spacial score (nSPS) is 32.5. The first-order valence-electron chi connectivity index (χ1n) is 7.27. The van der Waals surface area contributed by atoms with E-state index in [1.807, 2.05) is 6.07 Å². The van der Waals surface area contributed by atoms with Crippen LogP contribution in [0, 0.1) is 0 Å². The van der Waals surface area contributed by atoms with Crippen LogP contribution in [0.2, 0.25) is 18.1 Å². The van der Waals surface area contributed by atoms with Crippen molar-refractivity contribution in [2.24, 2.45) is 0 Å². The molecule has 0 aromatic heterocycles. The molecule has 0 spiro atoms. The van der Waals surface area contributed by atoms with E-state index in [0.29, 0.717) is 0 Å². The van der Waals surface area contributed by atoms with Gasteiger partial charge in [0.1, 0.15) is 0 Å². The van der Waals surface area contributed by atoms with Gasteiger partial charge < -0.3 is 4.43 Å². The first-order chi connectivity index (χ1) is 9.11. The minimum atomic E-state index is -1.95. The second-order valence-electron chi connectivity index (χ2n) is 7.71. The zero-order chi connectivity index (χ0) is 14.8. The van der Waals surface area contributed by atoms with Gasteiger partial charge in [-0.2, -0.15) is 4.89 Å². The summed E-state index contributed by atoms with van der Waals surface area (Å²) in [7, 11) is -1.95. The number of rotatable bonds is 2. The van der Waals surface area contributed by atoms with Crippen molar-refractivity contribution in [1.29, 1.82) is 0 Å². The lowest BCUT2D eigenvalue weighted by Gasteiger charge is -2.54. The van der Waals surface area contributed by atoms with Gasteiger partial charge in [-0.05, 0) is 30.6 Å². The van der Waals surface area contributed by atoms with E-state index in [1.54, 1.807) is 0 Å². The van der Waals surface area contributed by atoms with E-state index in [4.69, 9.17) is 14.2 Å². The third-order valence-corrected chi connectivity index (χ3v) is 9.55. The molecule has 1 aliphatic heterocycles. The standard InChI is InChI=1S/C16H24O3Si/c1-14(2,3)20(5,6)19-16-13-10-8-7-9-12(13)11-15(16,4)17-18-16/h7-10H,11H2,1-6H3/t15-,16-/m0/s1. The lowest BCUT2D eigenvalue weighted by Crippen LogP contribution is -2.66. The Hall–Kier alpha value is -0.683. The van der Waals surface area contributed by atoms with Gasteiger partial charge in [0, 0.05) is 12.0 Å². The Morgan fingerprint density at radius 2 is 1.80 bits per heavy atom. The second kappa shape index (κ2) is 3.94. The van der Waals surface area contributed by atoms with Gasteiger partial charge in [0.15, 0.2) is 13.9 Å².